The van der Waals surface area contributed by atoms with Crippen molar-refractivity contribution in [3.05, 3.63) is 77.8 Å². The molecular formula is C24H21N5O3. The molecule has 0 radical (unpaired) electrons. The van der Waals surface area contributed by atoms with Gasteiger partial charge >= 0.3 is 0 Å². The molecular weight excluding hydrogens is 406 g/mol. The van der Waals surface area contributed by atoms with Crippen LogP contribution in [0.4, 0.5) is 5.82 Å². The van der Waals surface area contributed by atoms with E-state index in [4.69, 9.17) is 19.5 Å². The summed E-state index contributed by atoms with van der Waals surface area (Å²) < 4.78 is 16.9. The van der Waals surface area contributed by atoms with E-state index in [2.05, 4.69) is 20.3 Å². The minimum absolute atomic E-state index is 0.257. The van der Waals surface area contributed by atoms with Crippen LogP contribution in [0, 0.1) is 11.3 Å². The molecule has 0 fully saturated rings. The Bertz CT molecular complexity index is 1200. The molecule has 0 aliphatic carbocycles. The molecule has 0 saturated carbocycles. The zero-order valence-corrected chi connectivity index (χ0v) is 17.7. The normalized spacial score (nSPS) is 12.4. The molecule has 32 heavy (non-hydrogen) atoms. The molecule has 0 saturated heterocycles. The number of methoxy groups -OCH3 is 2. The fourth-order valence-electron chi connectivity index (χ4n) is 3.24. The first-order valence-corrected chi connectivity index (χ1v) is 9.87. The third-order valence-corrected chi connectivity index (χ3v) is 4.84. The van der Waals surface area contributed by atoms with Crippen LogP contribution in [0.25, 0.3) is 5.57 Å². The Hall–Kier alpha value is -4.38. The number of nitrogens with one attached hydrogen (secondary N) is 1. The second-order valence-electron chi connectivity index (χ2n) is 6.86. The number of nitrogens with zero attached hydrogens (tertiary/aromatic N) is 4. The third-order valence-electron chi connectivity index (χ3n) is 4.84. The molecule has 2 aromatic carbocycles. The Morgan fingerprint density at radius 2 is 1.81 bits per heavy atom. The quantitative estimate of drug-likeness (QED) is 0.611. The number of hydrogen-bond acceptors (Lipinski definition) is 8. The highest BCUT2D eigenvalue weighted by atomic mass is 16.5. The number of aliphatic imine (C=N–C) groups is 1. The molecule has 1 aromatic heterocycles. The van der Waals surface area contributed by atoms with Gasteiger partial charge in [-0.15, -0.1) is 0 Å². The number of hydrogen-bond donors (Lipinski definition) is 1. The third kappa shape index (κ3) is 4.68. The highest BCUT2D eigenvalue weighted by molar-refractivity contribution is 6.11. The van der Waals surface area contributed by atoms with E-state index >= 15 is 0 Å². The van der Waals surface area contributed by atoms with Crippen LogP contribution in [0.15, 0.2) is 65.9 Å². The van der Waals surface area contributed by atoms with Gasteiger partial charge in [0.15, 0.2) is 5.69 Å². The number of amidine groups is 1. The van der Waals surface area contributed by atoms with Crippen molar-refractivity contribution in [3.63, 3.8) is 0 Å². The van der Waals surface area contributed by atoms with Gasteiger partial charge in [-0.05, 0) is 41.5 Å². The maximum absolute atomic E-state index is 8.85. The van der Waals surface area contributed by atoms with Crippen LogP contribution in [0.5, 0.6) is 17.2 Å². The van der Waals surface area contributed by atoms with Crippen molar-refractivity contribution in [2.75, 3.05) is 26.1 Å². The summed E-state index contributed by atoms with van der Waals surface area (Å²) in [6, 6.07) is 15.4. The molecule has 8 nitrogen and oxygen atoms in total. The molecule has 160 valence electrons. The lowest BCUT2D eigenvalue weighted by Gasteiger charge is -2.15. The van der Waals surface area contributed by atoms with Crippen LogP contribution < -0.4 is 19.5 Å². The van der Waals surface area contributed by atoms with Crippen molar-refractivity contribution in [3.8, 4) is 23.3 Å². The SMILES string of the molecule is COc1ccc(COc2cccc(OC)c2C2=CC(Nc3cnc(C#N)cn3)=NC2)cc1. The maximum atomic E-state index is 8.85. The number of ether oxygens (including phenoxy) is 3. The molecule has 1 aliphatic heterocycles. The van der Waals surface area contributed by atoms with Gasteiger partial charge in [-0.2, -0.15) is 5.26 Å². The van der Waals surface area contributed by atoms with Crippen LogP contribution in [0.2, 0.25) is 0 Å². The summed E-state index contributed by atoms with van der Waals surface area (Å²) in [5, 5.41) is 12.0. The maximum Gasteiger partial charge on any atom is 0.158 e. The van der Waals surface area contributed by atoms with Gasteiger partial charge in [0.1, 0.15) is 41.6 Å². The van der Waals surface area contributed by atoms with Gasteiger partial charge in [0.25, 0.3) is 0 Å². The molecule has 0 atom stereocenters. The van der Waals surface area contributed by atoms with Crippen molar-refractivity contribution in [1.29, 1.82) is 5.26 Å². The highest BCUT2D eigenvalue weighted by Gasteiger charge is 2.19. The summed E-state index contributed by atoms with van der Waals surface area (Å²) in [6.45, 7) is 0.871. The van der Waals surface area contributed by atoms with Crippen molar-refractivity contribution >= 4 is 17.2 Å². The van der Waals surface area contributed by atoms with Gasteiger partial charge < -0.3 is 19.5 Å². The smallest absolute Gasteiger partial charge is 0.158 e. The summed E-state index contributed by atoms with van der Waals surface area (Å²) in [4.78, 5) is 12.7. The molecule has 4 rings (SSSR count). The second-order valence-corrected chi connectivity index (χ2v) is 6.86. The Labute approximate surface area is 185 Å². The second kappa shape index (κ2) is 9.62. The zero-order valence-electron chi connectivity index (χ0n) is 17.7. The Morgan fingerprint density at radius 1 is 1.00 bits per heavy atom. The standard InChI is InChI=1S/C24H21N5O3/c1-30-19-8-6-16(7-9-19)15-32-21-5-3-4-20(31-2)24(21)17-10-22(27-12-17)29-23-14-26-18(11-25)13-28-23/h3-10,13-14H,12,15H2,1-2H3,(H,27,28,29). The number of anilines is 1. The highest BCUT2D eigenvalue weighted by Crippen LogP contribution is 2.37. The number of rotatable bonds is 7. The van der Waals surface area contributed by atoms with Crippen LogP contribution in [0.1, 0.15) is 16.8 Å². The molecule has 0 amide bonds. The first-order chi connectivity index (χ1) is 15.7. The van der Waals surface area contributed by atoms with E-state index in [1.807, 2.05) is 54.6 Å². The molecule has 2 heterocycles. The van der Waals surface area contributed by atoms with Gasteiger partial charge in [0.2, 0.25) is 0 Å². The lowest BCUT2D eigenvalue weighted by molar-refractivity contribution is 0.302. The number of benzene rings is 2. The van der Waals surface area contributed by atoms with Crippen LogP contribution >= 0.6 is 0 Å². The molecule has 0 bridgehead atoms. The van der Waals surface area contributed by atoms with E-state index in [1.165, 1.54) is 12.4 Å². The lowest BCUT2D eigenvalue weighted by Crippen LogP contribution is -2.08. The molecule has 8 heteroatoms. The van der Waals surface area contributed by atoms with E-state index in [-0.39, 0.29) is 5.69 Å². The van der Waals surface area contributed by atoms with E-state index < -0.39 is 0 Å². The average Bonchev–Trinajstić information content (AvgIpc) is 3.31. The fourth-order valence-corrected chi connectivity index (χ4v) is 3.24. The summed E-state index contributed by atoms with van der Waals surface area (Å²) in [6.07, 6.45) is 4.84. The summed E-state index contributed by atoms with van der Waals surface area (Å²) in [5.41, 5.74) is 3.09. The Balaban J connectivity index is 1.53. The molecule has 3 aromatic rings. The Kier molecular flexibility index (Phi) is 6.28. The number of aromatic nitrogens is 2. The Morgan fingerprint density at radius 3 is 2.50 bits per heavy atom. The predicted octanol–water partition coefficient (Wildman–Crippen LogP) is 3.85. The van der Waals surface area contributed by atoms with E-state index in [0.29, 0.717) is 36.3 Å². The van der Waals surface area contributed by atoms with Gasteiger partial charge in [-0.3, -0.25) is 4.99 Å². The lowest BCUT2D eigenvalue weighted by atomic mass is 10.0. The molecule has 0 spiro atoms. The van der Waals surface area contributed by atoms with Gasteiger partial charge in [-0.25, -0.2) is 9.97 Å². The number of nitriles is 1. The van der Waals surface area contributed by atoms with Crippen molar-refractivity contribution < 1.29 is 14.2 Å². The van der Waals surface area contributed by atoms with Gasteiger partial charge in [0.05, 0.1) is 38.7 Å². The fraction of sp³-hybridized carbons (Fsp3) is 0.167. The van der Waals surface area contributed by atoms with Crippen LogP contribution in [-0.2, 0) is 6.61 Å². The minimum atomic E-state index is 0.257. The van der Waals surface area contributed by atoms with Crippen molar-refractivity contribution in [1.82, 2.24) is 9.97 Å². The minimum Gasteiger partial charge on any atom is -0.497 e. The van der Waals surface area contributed by atoms with Gasteiger partial charge in [-0.1, -0.05) is 18.2 Å². The molecule has 1 aliphatic rings. The topological polar surface area (TPSA) is 102 Å². The molecule has 0 unspecified atom stereocenters. The van der Waals surface area contributed by atoms with Crippen molar-refractivity contribution in [2.24, 2.45) is 4.99 Å². The monoisotopic (exact) mass is 427 g/mol. The first-order valence-electron chi connectivity index (χ1n) is 9.87. The predicted molar refractivity (Wildman–Crippen MR) is 121 cm³/mol. The van der Waals surface area contributed by atoms with Crippen LogP contribution in [-0.4, -0.2) is 36.6 Å². The van der Waals surface area contributed by atoms with E-state index in [0.717, 1.165) is 22.4 Å². The first kappa shape index (κ1) is 20.9. The average molecular weight is 427 g/mol. The van der Waals surface area contributed by atoms with Crippen molar-refractivity contribution in [2.45, 2.75) is 6.61 Å². The van der Waals surface area contributed by atoms with Crippen LogP contribution in [0.3, 0.4) is 0 Å². The summed E-state index contributed by atoms with van der Waals surface area (Å²) in [5.74, 6) is 3.37. The summed E-state index contributed by atoms with van der Waals surface area (Å²) >= 11 is 0. The van der Waals surface area contributed by atoms with E-state index in [1.54, 1.807) is 14.2 Å². The van der Waals surface area contributed by atoms with E-state index in [9.17, 15) is 0 Å². The summed E-state index contributed by atoms with van der Waals surface area (Å²) in [7, 11) is 3.27. The largest absolute Gasteiger partial charge is 0.497 e. The molecule has 1 N–H and O–H groups in total. The van der Waals surface area contributed by atoms with Gasteiger partial charge in [0, 0.05) is 0 Å². The zero-order chi connectivity index (χ0) is 22.3.